The second-order valence-corrected chi connectivity index (χ2v) is 4.62. The zero-order valence-electron chi connectivity index (χ0n) is 10.5. The first-order chi connectivity index (χ1) is 8.70. The van der Waals surface area contributed by atoms with Crippen LogP contribution < -0.4 is 10.1 Å². The van der Waals surface area contributed by atoms with Gasteiger partial charge in [-0.1, -0.05) is 6.42 Å². The van der Waals surface area contributed by atoms with Crippen LogP contribution in [0.25, 0.3) is 0 Å². The summed E-state index contributed by atoms with van der Waals surface area (Å²) < 4.78 is 5.08. The molecule has 5 nitrogen and oxygen atoms in total. The van der Waals surface area contributed by atoms with Gasteiger partial charge in [0.1, 0.15) is 5.75 Å². The van der Waals surface area contributed by atoms with Gasteiger partial charge in [0.05, 0.1) is 13.2 Å². The minimum Gasteiger partial charge on any atom is -0.497 e. The first-order valence-electron chi connectivity index (χ1n) is 6.25. The van der Waals surface area contributed by atoms with Crippen LogP contribution in [0.2, 0.25) is 0 Å². The number of nitrogens with one attached hydrogen (secondary N) is 1. The van der Waals surface area contributed by atoms with Crippen molar-refractivity contribution in [3.05, 3.63) is 34.4 Å². The molecule has 0 saturated heterocycles. The largest absolute Gasteiger partial charge is 0.497 e. The van der Waals surface area contributed by atoms with E-state index in [0.29, 0.717) is 6.42 Å². The van der Waals surface area contributed by atoms with E-state index in [1.165, 1.54) is 0 Å². The molecule has 5 heteroatoms. The SMILES string of the molecule is COc1ccc(N[C@H]2CCCC[C@@H]2[N+](=O)[O-])cc1. The van der Waals surface area contributed by atoms with Crippen LogP contribution in [-0.2, 0) is 0 Å². The van der Waals surface area contributed by atoms with Gasteiger partial charge in [-0.2, -0.15) is 0 Å². The highest BCUT2D eigenvalue weighted by atomic mass is 16.6. The van der Waals surface area contributed by atoms with Crippen molar-refractivity contribution in [2.45, 2.75) is 37.8 Å². The van der Waals surface area contributed by atoms with Gasteiger partial charge in [-0.3, -0.25) is 10.1 Å². The summed E-state index contributed by atoms with van der Waals surface area (Å²) in [6.07, 6.45) is 3.53. The van der Waals surface area contributed by atoms with Crippen LogP contribution in [0.4, 0.5) is 5.69 Å². The molecule has 1 aromatic rings. The Balaban J connectivity index is 2.03. The molecule has 0 radical (unpaired) electrons. The van der Waals surface area contributed by atoms with Crippen molar-refractivity contribution in [3.63, 3.8) is 0 Å². The number of nitro groups is 1. The Morgan fingerprint density at radius 2 is 1.94 bits per heavy atom. The molecule has 1 fully saturated rings. The van der Waals surface area contributed by atoms with Crippen LogP contribution in [-0.4, -0.2) is 24.1 Å². The van der Waals surface area contributed by atoms with E-state index < -0.39 is 6.04 Å². The van der Waals surface area contributed by atoms with Crippen molar-refractivity contribution in [3.8, 4) is 5.75 Å². The van der Waals surface area contributed by atoms with Crippen LogP contribution in [0, 0.1) is 10.1 Å². The fourth-order valence-corrected chi connectivity index (χ4v) is 2.43. The summed E-state index contributed by atoms with van der Waals surface area (Å²) >= 11 is 0. The number of benzene rings is 1. The molecule has 0 amide bonds. The molecule has 1 aliphatic rings. The maximum absolute atomic E-state index is 11.0. The van der Waals surface area contributed by atoms with Crippen molar-refractivity contribution in [2.75, 3.05) is 12.4 Å². The van der Waals surface area contributed by atoms with Gasteiger partial charge in [0, 0.05) is 17.0 Å². The summed E-state index contributed by atoms with van der Waals surface area (Å²) in [6.45, 7) is 0. The molecule has 98 valence electrons. The first kappa shape index (κ1) is 12.7. The van der Waals surface area contributed by atoms with Crippen molar-refractivity contribution in [2.24, 2.45) is 0 Å². The highest BCUT2D eigenvalue weighted by Crippen LogP contribution is 2.25. The first-order valence-corrected chi connectivity index (χ1v) is 6.25. The van der Waals surface area contributed by atoms with E-state index in [9.17, 15) is 10.1 Å². The number of rotatable bonds is 4. The number of hydrogen-bond acceptors (Lipinski definition) is 4. The van der Waals surface area contributed by atoms with Gasteiger partial charge in [0.2, 0.25) is 6.04 Å². The van der Waals surface area contributed by atoms with E-state index in [-0.39, 0.29) is 11.0 Å². The fraction of sp³-hybridized carbons (Fsp3) is 0.538. The van der Waals surface area contributed by atoms with Gasteiger partial charge in [-0.05, 0) is 37.1 Å². The van der Waals surface area contributed by atoms with Crippen molar-refractivity contribution < 1.29 is 9.66 Å². The lowest BCUT2D eigenvalue weighted by Gasteiger charge is -2.27. The monoisotopic (exact) mass is 250 g/mol. The van der Waals surface area contributed by atoms with Gasteiger partial charge in [-0.15, -0.1) is 0 Å². The fourth-order valence-electron chi connectivity index (χ4n) is 2.43. The molecule has 0 aliphatic heterocycles. The molecule has 1 N–H and O–H groups in total. The summed E-state index contributed by atoms with van der Waals surface area (Å²) in [6, 6.07) is 6.95. The Bertz CT molecular complexity index is 405. The Labute approximate surface area is 106 Å². The molecule has 2 rings (SSSR count). The van der Waals surface area contributed by atoms with Gasteiger partial charge in [0.15, 0.2) is 0 Å². The maximum Gasteiger partial charge on any atom is 0.232 e. The quantitative estimate of drug-likeness (QED) is 0.659. The maximum atomic E-state index is 11.0. The van der Waals surface area contributed by atoms with E-state index in [4.69, 9.17) is 4.74 Å². The Morgan fingerprint density at radius 3 is 2.56 bits per heavy atom. The Hall–Kier alpha value is -1.78. The van der Waals surface area contributed by atoms with E-state index in [1.54, 1.807) is 7.11 Å². The van der Waals surface area contributed by atoms with Crippen LogP contribution in [0.1, 0.15) is 25.7 Å². The van der Waals surface area contributed by atoms with Crippen LogP contribution in [0.5, 0.6) is 5.75 Å². The lowest BCUT2D eigenvalue weighted by Crippen LogP contribution is -2.41. The zero-order valence-corrected chi connectivity index (χ0v) is 10.5. The molecule has 1 aromatic carbocycles. The summed E-state index contributed by atoms with van der Waals surface area (Å²) in [5, 5.41) is 14.3. The Morgan fingerprint density at radius 1 is 1.28 bits per heavy atom. The zero-order chi connectivity index (χ0) is 13.0. The van der Waals surface area contributed by atoms with Crippen molar-refractivity contribution in [1.29, 1.82) is 0 Å². The van der Waals surface area contributed by atoms with Crippen molar-refractivity contribution >= 4 is 5.69 Å². The number of anilines is 1. The molecular formula is C13H18N2O3. The second kappa shape index (κ2) is 5.71. The summed E-state index contributed by atoms with van der Waals surface area (Å²) in [7, 11) is 1.62. The van der Waals surface area contributed by atoms with Gasteiger partial charge in [-0.25, -0.2) is 0 Å². The molecular weight excluding hydrogens is 232 g/mol. The molecule has 18 heavy (non-hydrogen) atoms. The summed E-state index contributed by atoms with van der Waals surface area (Å²) in [5.74, 6) is 0.787. The predicted molar refractivity (Wildman–Crippen MR) is 69.7 cm³/mol. The smallest absolute Gasteiger partial charge is 0.232 e. The number of methoxy groups -OCH3 is 1. The third kappa shape index (κ3) is 2.91. The minimum absolute atomic E-state index is 0.0675. The minimum atomic E-state index is -0.471. The van der Waals surface area contributed by atoms with Crippen molar-refractivity contribution in [1.82, 2.24) is 0 Å². The molecule has 1 aliphatic carbocycles. The third-order valence-electron chi connectivity index (χ3n) is 3.44. The summed E-state index contributed by atoms with van der Waals surface area (Å²) in [5.41, 5.74) is 0.912. The molecule has 2 atom stereocenters. The molecule has 0 heterocycles. The third-order valence-corrected chi connectivity index (χ3v) is 3.44. The van der Waals surface area contributed by atoms with E-state index in [2.05, 4.69) is 5.32 Å². The Kier molecular flexibility index (Phi) is 4.02. The topological polar surface area (TPSA) is 64.4 Å². The van der Waals surface area contributed by atoms with E-state index in [0.717, 1.165) is 30.7 Å². The average molecular weight is 250 g/mol. The predicted octanol–water partition coefficient (Wildman–Crippen LogP) is 2.70. The van der Waals surface area contributed by atoms with E-state index >= 15 is 0 Å². The second-order valence-electron chi connectivity index (χ2n) is 4.62. The molecule has 0 unspecified atom stereocenters. The van der Waals surface area contributed by atoms with Crippen LogP contribution in [0.3, 0.4) is 0 Å². The standard InChI is InChI=1S/C13H18N2O3/c1-18-11-8-6-10(7-9-11)14-12-4-2-3-5-13(12)15(16)17/h6-9,12-14H,2-5H2,1H3/t12-,13-/m0/s1. The van der Waals surface area contributed by atoms with Gasteiger partial charge < -0.3 is 10.1 Å². The van der Waals surface area contributed by atoms with Crippen LogP contribution >= 0.6 is 0 Å². The van der Waals surface area contributed by atoms with Gasteiger partial charge in [0.25, 0.3) is 0 Å². The summed E-state index contributed by atoms with van der Waals surface area (Å²) in [4.78, 5) is 10.8. The lowest BCUT2D eigenvalue weighted by molar-refractivity contribution is -0.527. The molecule has 0 bridgehead atoms. The normalized spacial score (nSPS) is 23.4. The highest BCUT2D eigenvalue weighted by Gasteiger charge is 2.33. The molecule has 1 saturated carbocycles. The van der Waals surface area contributed by atoms with Gasteiger partial charge >= 0.3 is 0 Å². The number of hydrogen-bond donors (Lipinski definition) is 1. The van der Waals surface area contributed by atoms with Crippen LogP contribution in [0.15, 0.2) is 24.3 Å². The molecule has 0 aromatic heterocycles. The van der Waals surface area contributed by atoms with E-state index in [1.807, 2.05) is 24.3 Å². The number of nitrogens with zero attached hydrogens (tertiary/aromatic N) is 1. The average Bonchev–Trinajstić information content (AvgIpc) is 2.40. The highest BCUT2D eigenvalue weighted by molar-refractivity contribution is 5.47. The lowest BCUT2D eigenvalue weighted by atomic mass is 9.90. The number of ether oxygens (including phenoxy) is 1. The molecule has 0 spiro atoms.